The Bertz CT molecular complexity index is 572. The van der Waals surface area contributed by atoms with E-state index in [9.17, 15) is 8.42 Å². The number of hydrogen-bond acceptors (Lipinski definition) is 4. The summed E-state index contributed by atoms with van der Waals surface area (Å²) < 4.78 is 31.9. The van der Waals surface area contributed by atoms with Crippen LogP contribution in [0.1, 0.15) is 49.9 Å². The Morgan fingerprint density at radius 3 is 2.85 bits per heavy atom. The second kappa shape index (κ2) is 6.11. The van der Waals surface area contributed by atoms with Crippen LogP contribution in [0.5, 0.6) is 5.75 Å². The molecule has 0 spiro atoms. The molecule has 1 aliphatic heterocycles. The van der Waals surface area contributed by atoms with Gasteiger partial charge in [0.05, 0.1) is 18.4 Å². The van der Waals surface area contributed by atoms with Crippen molar-refractivity contribution in [1.82, 2.24) is 4.72 Å². The average Bonchev–Trinajstić information content (AvgIpc) is 2.46. The lowest BCUT2D eigenvalue weighted by Crippen LogP contribution is -2.33. The van der Waals surface area contributed by atoms with Crippen molar-refractivity contribution in [3.63, 3.8) is 0 Å². The Morgan fingerprint density at radius 2 is 2.20 bits per heavy atom. The first-order valence-corrected chi connectivity index (χ1v) is 8.64. The summed E-state index contributed by atoms with van der Waals surface area (Å²) >= 11 is 0. The zero-order chi connectivity index (χ0) is 14.8. The number of benzene rings is 1. The van der Waals surface area contributed by atoms with E-state index in [-0.39, 0.29) is 17.8 Å². The Morgan fingerprint density at radius 1 is 1.45 bits per heavy atom. The van der Waals surface area contributed by atoms with Crippen LogP contribution in [0.4, 0.5) is 0 Å². The smallest absolute Gasteiger partial charge is 0.211 e. The van der Waals surface area contributed by atoms with E-state index >= 15 is 0 Å². The zero-order valence-corrected chi connectivity index (χ0v) is 12.7. The van der Waals surface area contributed by atoms with Crippen LogP contribution in [0.3, 0.4) is 0 Å². The lowest BCUT2D eigenvalue weighted by atomic mass is 9.96. The minimum Gasteiger partial charge on any atom is -0.493 e. The Kier molecular flexibility index (Phi) is 4.67. The highest BCUT2D eigenvalue weighted by Crippen LogP contribution is 2.34. The third kappa shape index (κ3) is 3.31. The molecule has 2 rings (SSSR count). The highest BCUT2D eigenvalue weighted by atomic mass is 32.2. The lowest BCUT2D eigenvalue weighted by molar-refractivity contribution is 0.263. The standard InChI is InChI=1S/C14H22N2O3S/c1-3-12(15)10-5-6-14-11(9-10)13(7-8-19-14)16-20(17,18)4-2/h5-6,9,12-13,16H,3-4,7-8,15H2,1-2H3. The second-order valence-corrected chi connectivity index (χ2v) is 7.07. The topological polar surface area (TPSA) is 81.4 Å². The molecule has 2 unspecified atom stereocenters. The third-order valence-electron chi connectivity index (χ3n) is 3.64. The molecule has 0 bridgehead atoms. The molecule has 0 aliphatic carbocycles. The van der Waals surface area contributed by atoms with E-state index in [4.69, 9.17) is 10.5 Å². The fourth-order valence-corrected chi connectivity index (χ4v) is 3.15. The Hall–Kier alpha value is -1.11. The molecule has 3 N–H and O–H groups in total. The Balaban J connectivity index is 2.33. The van der Waals surface area contributed by atoms with E-state index in [0.717, 1.165) is 23.3 Å². The van der Waals surface area contributed by atoms with E-state index in [1.165, 1.54) is 0 Å². The number of hydrogen-bond donors (Lipinski definition) is 2. The number of nitrogens with one attached hydrogen (secondary N) is 1. The largest absolute Gasteiger partial charge is 0.493 e. The van der Waals surface area contributed by atoms with Crippen molar-refractivity contribution in [2.24, 2.45) is 5.73 Å². The van der Waals surface area contributed by atoms with Gasteiger partial charge in [0.25, 0.3) is 0 Å². The first-order chi connectivity index (χ1) is 9.46. The van der Waals surface area contributed by atoms with Gasteiger partial charge in [0.15, 0.2) is 0 Å². The molecule has 0 amide bonds. The van der Waals surface area contributed by atoms with E-state index in [0.29, 0.717) is 13.0 Å². The maximum atomic E-state index is 11.8. The van der Waals surface area contributed by atoms with Gasteiger partial charge in [0, 0.05) is 18.0 Å². The summed E-state index contributed by atoms with van der Waals surface area (Å²) in [4.78, 5) is 0. The fourth-order valence-electron chi connectivity index (χ4n) is 2.30. The van der Waals surface area contributed by atoms with Gasteiger partial charge < -0.3 is 10.5 Å². The maximum Gasteiger partial charge on any atom is 0.211 e. The maximum absolute atomic E-state index is 11.8. The van der Waals surface area contributed by atoms with Crippen LogP contribution < -0.4 is 15.2 Å². The highest BCUT2D eigenvalue weighted by molar-refractivity contribution is 7.89. The molecule has 0 radical (unpaired) electrons. The van der Waals surface area contributed by atoms with Crippen LogP contribution in [-0.2, 0) is 10.0 Å². The van der Waals surface area contributed by atoms with Crippen LogP contribution in [0.2, 0.25) is 0 Å². The van der Waals surface area contributed by atoms with Crippen molar-refractivity contribution in [3.8, 4) is 5.75 Å². The van der Waals surface area contributed by atoms with Gasteiger partial charge in [-0.05, 0) is 31.0 Å². The first-order valence-electron chi connectivity index (χ1n) is 6.99. The van der Waals surface area contributed by atoms with Crippen LogP contribution in [0, 0.1) is 0 Å². The van der Waals surface area contributed by atoms with E-state index in [1.807, 2.05) is 25.1 Å². The molecule has 112 valence electrons. The molecule has 1 heterocycles. The number of nitrogens with two attached hydrogens (primary N) is 1. The summed E-state index contributed by atoms with van der Waals surface area (Å²) in [6.45, 7) is 4.17. The number of ether oxygens (including phenoxy) is 1. The SMILES string of the molecule is CCC(N)c1ccc2c(c1)C(NS(=O)(=O)CC)CCO2. The van der Waals surface area contributed by atoms with Gasteiger partial charge >= 0.3 is 0 Å². The molecule has 0 fully saturated rings. The predicted molar refractivity (Wildman–Crippen MR) is 79.1 cm³/mol. The molecule has 1 aliphatic rings. The van der Waals surface area contributed by atoms with Crippen LogP contribution in [-0.4, -0.2) is 20.8 Å². The van der Waals surface area contributed by atoms with Crippen molar-refractivity contribution in [3.05, 3.63) is 29.3 Å². The first kappa shape index (κ1) is 15.3. The molecular formula is C14H22N2O3S. The summed E-state index contributed by atoms with van der Waals surface area (Å²) in [5.74, 6) is 0.820. The summed E-state index contributed by atoms with van der Waals surface area (Å²) in [5, 5.41) is 0. The van der Waals surface area contributed by atoms with Gasteiger partial charge in [-0.2, -0.15) is 0 Å². The van der Waals surface area contributed by atoms with Crippen molar-refractivity contribution in [1.29, 1.82) is 0 Å². The van der Waals surface area contributed by atoms with Crippen LogP contribution in [0.25, 0.3) is 0 Å². The fraction of sp³-hybridized carbons (Fsp3) is 0.571. The van der Waals surface area contributed by atoms with Crippen molar-refractivity contribution in [2.75, 3.05) is 12.4 Å². The number of fused-ring (bicyclic) bond motifs is 1. The van der Waals surface area contributed by atoms with Gasteiger partial charge in [-0.3, -0.25) is 0 Å². The van der Waals surface area contributed by atoms with Crippen molar-refractivity contribution < 1.29 is 13.2 Å². The predicted octanol–water partition coefficient (Wildman–Crippen LogP) is 1.86. The van der Waals surface area contributed by atoms with E-state index < -0.39 is 10.0 Å². The molecule has 1 aromatic rings. The molecule has 0 saturated heterocycles. The summed E-state index contributed by atoms with van der Waals surface area (Å²) in [6, 6.07) is 5.53. The summed E-state index contributed by atoms with van der Waals surface area (Å²) in [6.07, 6.45) is 1.47. The highest BCUT2D eigenvalue weighted by Gasteiger charge is 2.25. The second-order valence-electron chi connectivity index (χ2n) is 5.02. The van der Waals surface area contributed by atoms with Crippen LogP contribution in [0.15, 0.2) is 18.2 Å². The molecule has 20 heavy (non-hydrogen) atoms. The van der Waals surface area contributed by atoms with Gasteiger partial charge in [0.1, 0.15) is 5.75 Å². The monoisotopic (exact) mass is 298 g/mol. The molecular weight excluding hydrogens is 276 g/mol. The molecule has 2 atom stereocenters. The summed E-state index contributed by atoms with van der Waals surface area (Å²) in [7, 11) is -3.24. The van der Waals surface area contributed by atoms with Gasteiger partial charge in [-0.25, -0.2) is 13.1 Å². The van der Waals surface area contributed by atoms with Crippen molar-refractivity contribution in [2.45, 2.75) is 38.8 Å². The minimum absolute atomic E-state index is 0.0364. The lowest BCUT2D eigenvalue weighted by Gasteiger charge is -2.27. The van der Waals surface area contributed by atoms with E-state index in [2.05, 4.69) is 4.72 Å². The van der Waals surface area contributed by atoms with Gasteiger partial charge in [-0.1, -0.05) is 13.0 Å². The van der Waals surface area contributed by atoms with Crippen LogP contribution >= 0.6 is 0 Å². The minimum atomic E-state index is -3.24. The quantitative estimate of drug-likeness (QED) is 0.869. The number of rotatable bonds is 5. The van der Waals surface area contributed by atoms with Gasteiger partial charge in [-0.15, -0.1) is 0 Å². The molecule has 6 heteroatoms. The average molecular weight is 298 g/mol. The normalized spacial score (nSPS) is 20.1. The van der Waals surface area contributed by atoms with Gasteiger partial charge in [0.2, 0.25) is 10.0 Å². The molecule has 0 saturated carbocycles. The molecule has 5 nitrogen and oxygen atoms in total. The third-order valence-corrected chi connectivity index (χ3v) is 5.05. The molecule has 0 aromatic heterocycles. The zero-order valence-electron chi connectivity index (χ0n) is 11.9. The van der Waals surface area contributed by atoms with E-state index in [1.54, 1.807) is 6.92 Å². The number of sulfonamides is 1. The Labute approximate surface area is 120 Å². The summed E-state index contributed by atoms with van der Waals surface area (Å²) in [5.41, 5.74) is 7.94. The van der Waals surface area contributed by atoms with Crippen molar-refractivity contribution >= 4 is 10.0 Å². The molecule has 1 aromatic carbocycles.